The van der Waals surface area contributed by atoms with Crippen molar-refractivity contribution in [3.05, 3.63) is 59.7 Å². The molecule has 1 aliphatic heterocycles. The number of para-hydroxylation sites is 2. The molecule has 2 aromatic rings. The van der Waals surface area contributed by atoms with Gasteiger partial charge in [-0.2, -0.15) is 0 Å². The molecule has 2 aromatic carbocycles. The fraction of sp³-hybridized carbons (Fsp3) is 0.435. The first-order valence-corrected chi connectivity index (χ1v) is 10.3. The molecular formula is C23H31N3O3. The molecule has 0 saturated carbocycles. The normalized spacial score (nSPS) is 15.2. The van der Waals surface area contributed by atoms with Crippen molar-refractivity contribution in [2.24, 2.45) is 0 Å². The molecule has 6 nitrogen and oxygen atoms in total. The summed E-state index contributed by atoms with van der Waals surface area (Å²) in [5.74, 6) is 1.49. The number of urea groups is 1. The predicted molar refractivity (Wildman–Crippen MR) is 114 cm³/mol. The summed E-state index contributed by atoms with van der Waals surface area (Å²) < 4.78 is 11.7. The van der Waals surface area contributed by atoms with Crippen LogP contribution >= 0.6 is 0 Å². The average Bonchev–Trinajstić information content (AvgIpc) is 2.75. The zero-order valence-electron chi connectivity index (χ0n) is 17.6. The van der Waals surface area contributed by atoms with Crippen molar-refractivity contribution in [2.75, 3.05) is 33.3 Å². The zero-order valence-corrected chi connectivity index (χ0v) is 17.6. The minimum atomic E-state index is -0.177. The van der Waals surface area contributed by atoms with Crippen LogP contribution in [0.25, 0.3) is 0 Å². The molecule has 0 saturated heterocycles. The van der Waals surface area contributed by atoms with E-state index in [4.69, 9.17) is 9.47 Å². The number of amides is 2. The summed E-state index contributed by atoms with van der Waals surface area (Å²) in [5, 5.41) is 3.03. The number of likely N-dealkylation sites (N-methyl/N-ethyl adjacent to an activating group) is 1. The van der Waals surface area contributed by atoms with Crippen LogP contribution in [0.3, 0.4) is 0 Å². The highest BCUT2D eigenvalue weighted by Gasteiger charge is 2.24. The van der Waals surface area contributed by atoms with Gasteiger partial charge in [0, 0.05) is 19.6 Å². The number of hydrogen-bond donors (Lipinski definition) is 1. The lowest BCUT2D eigenvalue weighted by molar-refractivity contribution is 0.0675. The minimum Gasteiger partial charge on any atom is -0.486 e. The second kappa shape index (κ2) is 10.2. The highest BCUT2D eigenvalue weighted by molar-refractivity contribution is 5.74. The van der Waals surface area contributed by atoms with E-state index in [1.165, 1.54) is 5.56 Å². The van der Waals surface area contributed by atoms with Crippen LogP contribution in [0.2, 0.25) is 0 Å². The van der Waals surface area contributed by atoms with Crippen LogP contribution < -0.4 is 14.8 Å². The topological polar surface area (TPSA) is 54.0 Å². The van der Waals surface area contributed by atoms with Gasteiger partial charge >= 0.3 is 6.03 Å². The average molecular weight is 398 g/mol. The van der Waals surface area contributed by atoms with Gasteiger partial charge in [0.1, 0.15) is 6.61 Å². The van der Waals surface area contributed by atoms with E-state index < -0.39 is 0 Å². The smallest absolute Gasteiger partial charge is 0.317 e. The Kier molecular flexibility index (Phi) is 7.36. The van der Waals surface area contributed by atoms with Crippen molar-refractivity contribution in [1.29, 1.82) is 0 Å². The summed E-state index contributed by atoms with van der Waals surface area (Å²) in [6.07, 6.45) is -0.177. The third-order valence-electron chi connectivity index (χ3n) is 5.09. The summed E-state index contributed by atoms with van der Waals surface area (Å²) >= 11 is 0. The molecule has 1 atom stereocenters. The summed E-state index contributed by atoms with van der Waals surface area (Å²) in [5.41, 5.74) is 2.35. The van der Waals surface area contributed by atoms with Crippen LogP contribution in [0.15, 0.2) is 48.5 Å². The van der Waals surface area contributed by atoms with Crippen molar-refractivity contribution < 1.29 is 14.3 Å². The summed E-state index contributed by atoms with van der Waals surface area (Å²) in [6, 6.07) is 15.9. The first-order chi connectivity index (χ1) is 14.1. The largest absolute Gasteiger partial charge is 0.486 e. The summed E-state index contributed by atoms with van der Waals surface area (Å²) in [7, 11) is 2.10. The number of hydrogen-bond acceptors (Lipinski definition) is 4. The zero-order chi connectivity index (χ0) is 20.6. The maximum absolute atomic E-state index is 12.7. The Morgan fingerprint density at radius 3 is 2.59 bits per heavy atom. The molecule has 0 aromatic heterocycles. The number of benzene rings is 2. The number of nitrogens with one attached hydrogen (secondary N) is 1. The van der Waals surface area contributed by atoms with Crippen molar-refractivity contribution in [2.45, 2.75) is 33.0 Å². The van der Waals surface area contributed by atoms with Gasteiger partial charge in [-0.1, -0.05) is 43.3 Å². The highest BCUT2D eigenvalue weighted by Crippen LogP contribution is 2.31. The Morgan fingerprint density at radius 2 is 1.83 bits per heavy atom. The van der Waals surface area contributed by atoms with E-state index >= 15 is 0 Å². The van der Waals surface area contributed by atoms with Gasteiger partial charge in [-0.15, -0.1) is 0 Å². The number of ether oxygens (including phenoxy) is 2. The fourth-order valence-electron chi connectivity index (χ4n) is 3.31. The number of rotatable bonds is 8. The minimum absolute atomic E-state index is 0.0916. The van der Waals surface area contributed by atoms with Gasteiger partial charge < -0.3 is 24.6 Å². The van der Waals surface area contributed by atoms with Crippen molar-refractivity contribution in [1.82, 2.24) is 15.1 Å². The number of fused-ring (bicyclic) bond motifs is 1. The molecule has 1 N–H and O–H groups in total. The van der Waals surface area contributed by atoms with Gasteiger partial charge in [-0.3, -0.25) is 0 Å². The van der Waals surface area contributed by atoms with Gasteiger partial charge in [0.25, 0.3) is 0 Å². The molecule has 0 fully saturated rings. The van der Waals surface area contributed by atoms with Crippen LogP contribution in [0.1, 0.15) is 25.0 Å². The molecule has 29 heavy (non-hydrogen) atoms. The highest BCUT2D eigenvalue weighted by atomic mass is 16.6. The van der Waals surface area contributed by atoms with Crippen LogP contribution in [0.5, 0.6) is 11.5 Å². The lowest BCUT2D eigenvalue weighted by atomic mass is 10.1. The Bertz CT molecular complexity index is 811. The Morgan fingerprint density at radius 1 is 1.07 bits per heavy atom. The molecule has 0 radical (unpaired) electrons. The third-order valence-corrected chi connectivity index (χ3v) is 5.09. The molecule has 6 heteroatoms. The first kappa shape index (κ1) is 21.0. The van der Waals surface area contributed by atoms with E-state index in [1.54, 1.807) is 4.90 Å². The van der Waals surface area contributed by atoms with E-state index in [0.29, 0.717) is 26.2 Å². The van der Waals surface area contributed by atoms with Gasteiger partial charge in [0.2, 0.25) is 0 Å². The molecule has 1 aliphatic rings. The van der Waals surface area contributed by atoms with Gasteiger partial charge in [-0.25, -0.2) is 4.79 Å². The molecule has 156 valence electrons. The molecule has 3 rings (SSSR count). The molecule has 1 unspecified atom stereocenters. The van der Waals surface area contributed by atoms with Gasteiger partial charge in [-0.05, 0) is 43.8 Å². The molecular weight excluding hydrogens is 366 g/mol. The van der Waals surface area contributed by atoms with Crippen molar-refractivity contribution >= 4 is 6.03 Å². The fourth-order valence-corrected chi connectivity index (χ4v) is 3.31. The van der Waals surface area contributed by atoms with Crippen LogP contribution in [0.4, 0.5) is 4.79 Å². The van der Waals surface area contributed by atoms with E-state index in [-0.39, 0.29) is 12.1 Å². The van der Waals surface area contributed by atoms with Crippen molar-refractivity contribution in [3.63, 3.8) is 0 Å². The predicted octanol–water partition coefficient (Wildman–Crippen LogP) is 3.51. The number of carbonyl (C=O) groups is 1. The Hall–Kier alpha value is -2.73. The second-order valence-corrected chi connectivity index (χ2v) is 7.35. The second-order valence-electron chi connectivity index (χ2n) is 7.35. The van der Waals surface area contributed by atoms with Crippen molar-refractivity contribution in [3.8, 4) is 11.5 Å². The Balaban J connectivity index is 1.52. The maximum Gasteiger partial charge on any atom is 0.317 e. The molecule has 2 amide bonds. The van der Waals surface area contributed by atoms with E-state index in [0.717, 1.165) is 30.2 Å². The molecule has 0 bridgehead atoms. The number of carbonyl (C=O) groups excluding carboxylic acids is 1. The van der Waals surface area contributed by atoms with Crippen LogP contribution in [-0.2, 0) is 13.1 Å². The quantitative estimate of drug-likeness (QED) is 0.741. The van der Waals surface area contributed by atoms with E-state index in [1.807, 2.05) is 43.3 Å². The SMILES string of the molecule is CCN(C)Cc1cccc(CNC(=O)N(CC)CC2COc3ccccc3O2)c1. The number of nitrogens with zero attached hydrogens (tertiary/aromatic N) is 2. The molecule has 0 aliphatic carbocycles. The van der Waals surface area contributed by atoms with Crippen LogP contribution in [-0.4, -0.2) is 55.2 Å². The molecule has 0 spiro atoms. The Labute approximate surface area is 173 Å². The van der Waals surface area contributed by atoms with Gasteiger partial charge in [0.15, 0.2) is 17.6 Å². The van der Waals surface area contributed by atoms with Gasteiger partial charge in [0.05, 0.1) is 6.54 Å². The van der Waals surface area contributed by atoms with E-state index in [2.05, 4.69) is 36.3 Å². The summed E-state index contributed by atoms with van der Waals surface area (Å²) in [4.78, 5) is 16.7. The monoisotopic (exact) mass is 397 g/mol. The third kappa shape index (κ3) is 5.87. The van der Waals surface area contributed by atoms with Crippen LogP contribution in [0, 0.1) is 0 Å². The molecule has 1 heterocycles. The summed E-state index contributed by atoms with van der Waals surface area (Å²) in [6.45, 7) is 8.05. The lowest BCUT2D eigenvalue weighted by Crippen LogP contribution is -2.47. The maximum atomic E-state index is 12.7. The first-order valence-electron chi connectivity index (χ1n) is 10.3. The lowest BCUT2D eigenvalue weighted by Gasteiger charge is -2.31. The van der Waals surface area contributed by atoms with E-state index in [9.17, 15) is 4.79 Å². The standard InChI is InChI=1S/C23H31N3O3/c1-4-25(3)15-19-10-8-9-18(13-19)14-24-23(27)26(5-2)16-20-17-28-21-11-6-7-12-22(21)29-20/h6-13,20H,4-5,14-17H2,1-3H3,(H,24,27).